The number of anilines is 1. The first-order valence-electron chi connectivity index (χ1n) is 14.6. The zero-order chi connectivity index (χ0) is 30.2. The molecule has 44 heavy (non-hydrogen) atoms. The van der Waals surface area contributed by atoms with Gasteiger partial charge in [-0.05, 0) is 74.5 Å². The second-order valence-corrected chi connectivity index (χ2v) is 11.4. The highest BCUT2D eigenvalue weighted by Crippen LogP contribution is 2.36. The largest absolute Gasteiger partial charge is 0.492 e. The number of rotatable bonds is 9. The molecule has 0 saturated heterocycles. The summed E-state index contributed by atoms with van der Waals surface area (Å²) in [6.07, 6.45) is 9.82. The molecule has 0 spiro atoms. The number of aromatic nitrogens is 6. The van der Waals surface area contributed by atoms with Gasteiger partial charge in [0.1, 0.15) is 29.5 Å². The van der Waals surface area contributed by atoms with Crippen LogP contribution in [0.2, 0.25) is 0 Å². The van der Waals surface area contributed by atoms with Crippen LogP contribution in [0.15, 0.2) is 67.3 Å². The van der Waals surface area contributed by atoms with Crippen molar-refractivity contribution in [3.63, 3.8) is 0 Å². The van der Waals surface area contributed by atoms with Crippen LogP contribution in [0, 0.1) is 11.7 Å². The predicted octanol–water partition coefficient (Wildman–Crippen LogP) is 6.05. The van der Waals surface area contributed by atoms with Crippen LogP contribution in [0.1, 0.15) is 19.3 Å². The van der Waals surface area contributed by atoms with Crippen molar-refractivity contribution in [3.8, 4) is 39.4 Å². The maximum atomic E-state index is 14.7. The molecule has 1 saturated carbocycles. The van der Waals surface area contributed by atoms with Crippen LogP contribution in [0.25, 0.3) is 55.7 Å². The van der Waals surface area contributed by atoms with Crippen LogP contribution in [0.5, 0.6) is 5.75 Å². The van der Waals surface area contributed by atoms with Gasteiger partial charge in [-0.25, -0.2) is 14.4 Å². The molecule has 10 nitrogen and oxygen atoms in total. The van der Waals surface area contributed by atoms with Gasteiger partial charge in [0.25, 0.3) is 0 Å². The Balaban J connectivity index is 1.21. The third-order valence-corrected chi connectivity index (χ3v) is 8.01. The third kappa shape index (κ3) is 5.49. The van der Waals surface area contributed by atoms with E-state index in [1.165, 1.54) is 12.1 Å². The van der Waals surface area contributed by atoms with Crippen molar-refractivity contribution in [3.05, 3.63) is 73.1 Å². The minimum atomic E-state index is -0.374. The molecule has 3 N–H and O–H groups in total. The summed E-state index contributed by atoms with van der Waals surface area (Å²) >= 11 is 0. The molecule has 6 aromatic rings. The summed E-state index contributed by atoms with van der Waals surface area (Å²) in [5, 5.41) is 12.2. The smallest absolute Gasteiger partial charge is 0.227 e. The Bertz CT molecular complexity index is 2000. The molecular weight excluding hydrogens is 559 g/mol. The zero-order valence-corrected chi connectivity index (χ0v) is 24.4. The number of carbonyl (C=O) groups is 1. The molecule has 1 aliphatic rings. The number of hydrogen-bond donors (Lipinski definition) is 3. The van der Waals surface area contributed by atoms with E-state index in [9.17, 15) is 9.18 Å². The summed E-state index contributed by atoms with van der Waals surface area (Å²) in [5.41, 5.74) is 6.52. The first-order chi connectivity index (χ1) is 21.4. The average Bonchev–Trinajstić information content (AvgIpc) is 3.59. The Morgan fingerprint density at radius 2 is 1.86 bits per heavy atom. The van der Waals surface area contributed by atoms with Crippen molar-refractivity contribution >= 4 is 33.7 Å². The van der Waals surface area contributed by atoms with Gasteiger partial charge in [-0.3, -0.25) is 14.9 Å². The highest BCUT2D eigenvalue weighted by Gasteiger charge is 2.25. The maximum absolute atomic E-state index is 14.7. The minimum Gasteiger partial charge on any atom is -0.492 e. The van der Waals surface area contributed by atoms with Crippen LogP contribution in [-0.2, 0) is 4.79 Å². The number of carbonyl (C=O) groups excluding carboxylic acids is 1. The normalized spacial score (nSPS) is 13.5. The van der Waals surface area contributed by atoms with Crippen molar-refractivity contribution in [1.29, 1.82) is 0 Å². The van der Waals surface area contributed by atoms with Crippen molar-refractivity contribution in [2.24, 2.45) is 5.92 Å². The van der Waals surface area contributed by atoms with Crippen molar-refractivity contribution < 1.29 is 13.9 Å². The number of pyridine rings is 3. The van der Waals surface area contributed by atoms with Crippen molar-refractivity contribution in [1.82, 2.24) is 35.0 Å². The van der Waals surface area contributed by atoms with E-state index >= 15 is 0 Å². The number of halogens is 1. The molecule has 1 amide bonds. The number of hydrogen-bond acceptors (Lipinski definition) is 7. The second-order valence-electron chi connectivity index (χ2n) is 11.4. The van der Waals surface area contributed by atoms with Crippen molar-refractivity contribution in [2.45, 2.75) is 19.3 Å². The van der Waals surface area contributed by atoms with Gasteiger partial charge in [0.05, 0.1) is 17.6 Å². The molecule has 1 aromatic carbocycles. The summed E-state index contributed by atoms with van der Waals surface area (Å²) in [7, 11) is 3.92. The maximum Gasteiger partial charge on any atom is 0.227 e. The van der Waals surface area contributed by atoms with E-state index < -0.39 is 0 Å². The fourth-order valence-electron chi connectivity index (χ4n) is 5.40. The summed E-state index contributed by atoms with van der Waals surface area (Å²) < 4.78 is 20.5. The first-order valence-corrected chi connectivity index (χ1v) is 14.6. The second kappa shape index (κ2) is 11.5. The Labute approximate surface area is 252 Å². The van der Waals surface area contributed by atoms with Gasteiger partial charge in [-0.2, -0.15) is 5.10 Å². The lowest BCUT2D eigenvalue weighted by molar-refractivity contribution is -0.122. The van der Waals surface area contributed by atoms with Crippen LogP contribution in [0.3, 0.4) is 0 Å². The molecule has 222 valence electrons. The standard InChI is InChI=1S/C33H31FN8O2/c1-42(2)8-9-44-25-12-20(10-23(34)14-25)26-6-7-36-31-27(26)15-29(39-31)30-28-13-22(17-37-32(28)41-40-30)21-11-24(18-35-16-21)38-33(43)19-4-3-5-19/h6-7,10-19H,3-5,8-9H2,1-2H3,(H,36,39)(H,38,43)(H,37,40,41). The SMILES string of the molecule is CN(C)CCOc1cc(F)cc(-c2ccnc3[nH]c(-c4n[nH]c5ncc(-c6cncc(NC(=O)C7CCC7)c6)cc45)cc23)c1. The van der Waals surface area contributed by atoms with Gasteiger partial charge in [-0.15, -0.1) is 0 Å². The number of ether oxygens (including phenoxy) is 1. The van der Waals surface area contributed by atoms with Gasteiger partial charge in [-0.1, -0.05) is 6.42 Å². The number of nitrogens with one attached hydrogen (secondary N) is 3. The summed E-state index contributed by atoms with van der Waals surface area (Å²) in [5.74, 6) is 0.224. The fraction of sp³-hybridized carbons (Fsp3) is 0.242. The third-order valence-electron chi connectivity index (χ3n) is 8.01. The monoisotopic (exact) mass is 590 g/mol. The molecule has 0 unspecified atom stereocenters. The van der Waals surface area contributed by atoms with Gasteiger partial charge in [0.15, 0.2) is 5.65 Å². The molecular formula is C33H31FN8O2. The molecule has 5 heterocycles. The van der Waals surface area contributed by atoms with E-state index in [1.807, 2.05) is 49.3 Å². The van der Waals surface area contributed by atoms with Gasteiger partial charge in [0, 0.05) is 59.0 Å². The number of nitrogens with zero attached hydrogens (tertiary/aromatic N) is 5. The molecule has 5 aromatic heterocycles. The van der Waals surface area contributed by atoms with Gasteiger partial charge < -0.3 is 19.9 Å². The molecule has 0 bridgehead atoms. The topological polar surface area (TPSA) is 125 Å². The van der Waals surface area contributed by atoms with Crippen LogP contribution in [-0.4, -0.2) is 68.2 Å². The van der Waals surface area contributed by atoms with Crippen LogP contribution < -0.4 is 10.1 Å². The fourth-order valence-corrected chi connectivity index (χ4v) is 5.40. The van der Waals surface area contributed by atoms with E-state index in [0.29, 0.717) is 40.6 Å². The Morgan fingerprint density at radius 1 is 1.00 bits per heavy atom. The average molecular weight is 591 g/mol. The van der Waals surface area contributed by atoms with E-state index in [2.05, 4.69) is 35.5 Å². The summed E-state index contributed by atoms with van der Waals surface area (Å²) in [6, 6.07) is 12.5. The molecule has 1 aliphatic carbocycles. The lowest BCUT2D eigenvalue weighted by atomic mass is 9.85. The predicted molar refractivity (Wildman–Crippen MR) is 168 cm³/mol. The number of benzene rings is 1. The molecule has 0 aliphatic heterocycles. The Hall–Kier alpha value is -5.16. The molecule has 0 atom stereocenters. The Kier molecular flexibility index (Phi) is 7.23. The van der Waals surface area contributed by atoms with E-state index in [0.717, 1.165) is 59.0 Å². The Morgan fingerprint density at radius 3 is 2.68 bits per heavy atom. The van der Waals surface area contributed by atoms with Gasteiger partial charge >= 0.3 is 0 Å². The van der Waals surface area contributed by atoms with E-state index in [-0.39, 0.29) is 17.6 Å². The van der Waals surface area contributed by atoms with Crippen LogP contribution >= 0.6 is 0 Å². The number of fused-ring (bicyclic) bond motifs is 2. The quantitative estimate of drug-likeness (QED) is 0.187. The molecule has 7 rings (SSSR count). The highest BCUT2D eigenvalue weighted by atomic mass is 19.1. The number of H-pyrrole nitrogens is 2. The van der Waals surface area contributed by atoms with E-state index in [4.69, 9.17) is 4.74 Å². The molecule has 1 fully saturated rings. The lowest BCUT2D eigenvalue weighted by Gasteiger charge is -2.24. The van der Waals surface area contributed by atoms with E-state index in [1.54, 1.807) is 24.8 Å². The first kappa shape index (κ1) is 27.7. The minimum absolute atomic E-state index is 0.0407. The number of amides is 1. The summed E-state index contributed by atoms with van der Waals surface area (Å²) in [4.78, 5) is 31.3. The molecule has 11 heteroatoms. The highest BCUT2D eigenvalue weighted by molar-refractivity contribution is 6.00. The summed E-state index contributed by atoms with van der Waals surface area (Å²) in [6.45, 7) is 1.17. The number of aromatic amines is 2. The lowest BCUT2D eigenvalue weighted by Crippen LogP contribution is -2.28. The van der Waals surface area contributed by atoms with Crippen LogP contribution in [0.4, 0.5) is 10.1 Å². The number of likely N-dealkylation sites (N-methyl/N-ethyl adjacent to an activating group) is 1. The van der Waals surface area contributed by atoms with Crippen molar-refractivity contribution in [2.75, 3.05) is 32.6 Å². The zero-order valence-electron chi connectivity index (χ0n) is 24.4. The molecule has 0 radical (unpaired) electrons. The van der Waals surface area contributed by atoms with Gasteiger partial charge in [0.2, 0.25) is 5.91 Å².